The fourth-order valence-electron chi connectivity index (χ4n) is 1.35. The Labute approximate surface area is 129 Å². The lowest BCUT2D eigenvalue weighted by Crippen LogP contribution is -2.17. The molecular weight excluding hydrogens is 340 g/mol. The number of halogens is 1. The van der Waals surface area contributed by atoms with Gasteiger partial charge in [0.2, 0.25) is 10.0 Å². The van der Waals surface area contributed by atoms with E-state index in [9.17, 15) is 8.42 Å². The number of rotatable bonds is 5. The normalized spacial score (nSPS) is 11.2. The van der Waals surface area contributed by atoms with Gasteiger partial charge in [0, 0.05) is 4.88 Å². The molecule has 2 N–H and O–H groups in total. The van der Waals surface area contributed by atoms with Gasteiger partial charge in [-0.25, -0.2) is 13.1 Å². The van der Waals surface area contributed by atoms with E-state index in [-0.39, 0.29) is 9.36 Å². The Balaban J connectivity index is 2.11. The Bertz CT molecular complexity index is 760. The summed E-state index contributed by atoms with van der Waals surface area (Å²) in [5.41, 5.74) is 0.302. The molecule has 0 radical (unpaired) electrons. The number of nitrogens with zero attached hydrogens (tertiary/aromatic N) is 2. The first-order chi connectivity index (χ1) is 9.47. The fourth-order valence-corrected chi connectivity index (χ4v) is 4.42. The molecule has 0 unspecified atom stereocenters. The van der Waals surface area contributed by atoms with Crippen LogP contribution < -0.4 is 10.0 Å². The molecule has 6 nitrogen and oxygen atoms in total. The predicted octanol–water partition coefficient (Wildman–Crippen LogP) is 2.25. The molecule has 0 spiro atoms. The van der Waals surface area contributed by atoms with Crippen molar-refractivity contribution in [2.24, 2.45) is 0 Å². The fraction of sp³-hybridized carbons (Fsp3) is 0.200. The molecule has 0 aromatic carbocycles. The Morgan fingerprint density at radius 1 is 1.50 bits per heavy atom. The molecule has 0 aliphatic heterocycles. The van der Waals surface area contributed by atoms with E-state index in [0.29, 0.717) is 17.1 Å². The maximum atomic E-state index is 11.6. The van der Waals surface area contributed by atoms with Crippen LogP contribution in [-0.2, 0) is 16.6 Å². The zero-order chi connectivity index (χ0) is 14.8. The number of nitrogens with one attached hydrogen (secondary N) is 2. The quantitative estimate of drug-likeness (QED) is 0.864. The summed E-state index contributed by atoms with van der Waals surface area (Å²) in [6.45, 7) is 0.400. The third kappa shape index (κ3) is 3.11. The van der Waals surface area contributed by atoms with Gasteiger partial charge in [-0.2, -0.15) is 9.64 Å². The minimum atomic E-state index is -3.41. The first-order valence-corrected chi connectivity index (χ1v) is 8.74. The lowest BCUT2D eigenvalue weighted by atomic mass is 10.4. The van der Waals surface area contributed by atoms with E-state index in [4.69, 9.17) is 16.9 Å². The van der Waals surface area contributed by atoms with Crippen LogP contribution in [0.2, 0.25) is 5.15 Å². The number of hydrogen-bond donors (Lipinski definition) is 2. The number of aromatic nitrogens is 1. The summed E-state index contributed by atoms with van der Waals surface area (Å²) < 4.78 is 29.6. The average molecular weight is 349 g/mol. The minimum absolute atomic E-state index is 0.171. The van der Waals surface area contributed by atoms with E-state index in [1.54, 1.807) is 12.1 Å². The summed E-state index contributed by atoms with van der Waals surface area (Å²) in [5.74, 6) is 0. The molecule has 10 heteroatoms. The molecule has 0 saturated heterocycles. The number of thiophene rings is 1. The summed E-state index contributed by atoms with van der Waals surface area (Å²) in [6.07, 6.45) is 0. The van der Waals surface area contributed by atoms with Gasteiger partial charge in [0.15, 0.2) is 5.15 Å². The Morgan fingerprint density at radius 2 is 2.25 bits per heavy atom. The molecule has 2 rings (SSSR count). The number of sulfonamides is 1. The molecule has 0 fully saturated rings. The SMILES string of the molecule is CNS(=O)(=O)c1ccc(CNc2snc(Cl)c2C#N)s1. The highest BCUT2D eigenvalue weighted by Crippen LogP contribution is 2.29. The van der Waals surface area contributed by atoms with Crippen molar-refractivity contribution in [3.8, 4) is 6.07 Å². The highest BCUT2D eigenvalue weighted by atomic mass is 35.5. The van der Waals surface area contributed by atoms with Crippen LogP contribution in [-0.4, -0.2) is 19.8 Å². The van der Waals surface area contributed by atoms with Crippen LogP contribution in [0.1, 0.15) is 10.4 Å². The highest BCUT2D eigenvalue weighted by Gasteiger charge is 2.15. The molecule has 0 bridgehead atoms. The largest absolute Gasteiger partial charge is 0.370 e. The second kappa shape index (κ2) is 6.07. The van der Waals surface area contributed by atoms with Gasteiger partial charge in [-0.15, -0.1) is 11.3 Å². The summed E-state index contributed by atoms with van der Waals surface area (Å²) in [5, 5.41) is 12.7. The van der Waals surface area contributed by atoms with Gasteiger partial charge in [-0.1, -0.05) is 11.6 Å². The molecule has 0 aliphatic rings. The van der Waals surface area contributed by atoms with Crippen LogP contribution >= 0.6 is 34.5 Å². The molecule has 2 aromatic heterocycles. The third-order valence-electron chi connectivity index (χ3n) is 2.36. The van der Waals surface area contributed by atoms with Crippen LogP contribution in [0.25, 0.3) is 0 Å². The summed E-state index contributed by atoms with van der Waals surface area (Å²) in [7, 11) is -2.04. The van der Waals surface area contributed by atoms with Crippen LogP contribution in [0.3, 0.4) is 0 Å². The zero-order valence-corrected chi connectivity index (χ0v) is 13.4. The van der Waals surface area contributed by atoms with Crippen molar-refractivity contribution in [2.45, 2.75) is 10.8 Å². The van der Waals surface area contributed by atoms with Crippen molar-refractivity contribution >= 4 is 49.5 Å². The lowest BCUT2D eigenvalue weighted by Gasteiger charge is -2.01. The van der Waals surface area contributed by atoms with Gasteiger partial charge < -0.3 is 5.32 Å². The van der Waals surface area contributed by atoms with E-state index in [1.807, 2.05) is 6.07 Å². The van der Waals surface area contributed by atoms with Crippen molar-refractivity contribution < 1.29 is 8.42 Å². The molecular formula is C10H9ClN4O2S3. The first kappa shape index (κ1) is 15.2. The van der Waals surface area contributed by atoms with Crippen LogP contribution in [0.4, 0.5) is 5.00 Å². The molecule has 0 atom stereocenters. The molecule has 0 saturated carbocycles. The van der Waals surface area contributed by atoms with Gasteiger partial charge in [0.25, 0.3) is 0 Å². The smallest absolute Gasteiger partial charge is 0.249 e. The predicted molar refractivity (Wildman–Crippen MR) is 79.7 cm³/mol. The van der Waals surface area contributed by atoms with Crippen molar-refractivity contribution in [2.75, 3.05) is 12.4 Å². The molecule has 2 heterocycles. The molecule has 2 aromatic rings. The molecule has 0 aliphatic carbocycles. The summed E-state index contributed by atoms with van der Waals surface area (Å²) in [4.78, 5) is 0.826. The summed E-state index contributed by atoms with van der Waals surface area (Å²) >= 11 is 8.02. The van der Waals surface area contributed by atoms with E-state index in [0.717, 1.165) is 27.7 Å². The second-order valence-corrected chi connectivity index (χ2v) is 7.98. The third-order valence-corrected chi connectivity index (χ3v) is 6.53. The number of hydrogen-bond acceptors (Lipinski definition) is 7. The Morgan fingerprint density at radius 3 is 2.90 bits per heavy atom. The zero-order valence-electron chi connectivity index (χ0n) is 10.2. The standard InChI is InChI=1S/C10H9ClN4O2S3/c1-13-20(16,17)8-3-2-6(18-8)5-14-10-7(4-12)9(11)15-19-10/h2-3,13-14H,5H2,1H3. The van der Waals surface area contributed by atoms with Crippen molar-refractivity contribution in [1.29, 1.82) is 5.26 Å². The van der Waals surface area contributed by atoms with E-state index >= 15 is 0 Å². The highest BCUT2D eigenvalue weighted by molar-refractivity contribution is 7.91. The minimum Gasteiger partial charge on any atom is -0.370 e. The Hall–Kier alpha value is -1.18. The number of nitriles is 1. The van der Waals surface area contributed by atoms with Gasteiger partial charge in [0.1, 0.15) is 20.8 Å². The van der Waals surface area contributed by atoms with Crippen LogP contribution in [0.15, 0.2) is 16.3 Å². The monoisotopic (exact) mass is 348 g/mol. The molecule has 0 amide bonds. The Kier molecular flexibility index (Phi) is 4.62. The maximum absolute atomic E-state index is 11.6. The van der Waals surface area contributed by atoms with Crippen LogP contribution in [0, 0.1) is 11.3 Å². The lowest BCUT2D eigenvalue weighted by molar-refractivity contribution is 0.590. The van der Waals surface area contributed by atoms with Gasteiger partial charge in [0.05, 0.1) is 6.54 Å². The summed E-state index contributed by atoms with van der Waals surface area (Å²) in [6, 6.07) is 5.23. The van der Waals surface area contributed by atoms with E-state index in [2.05, 4.69) is 14.4 Å². The first-order valence-electron chi connectivity index (χ1n) is 5.29. The van der Waals surface area contributed by atoms with Crippen molar-refractivity contribution in [1.82, 2.24) is 9.10 Å². The van der Waals surface area contributed by atoms with Crippen molar-refractivity contribution in [3.63, 3.8) is 0 Å². The van der Waals surface area contributed by atoms with E-state index in [1.165, 1.54) is 7.05 Å². The van der Waals surface area contributed by atoms with Gasteiger partial charge in [-0.3, -0.25) is 0 Å². The van der Waals surface area contributed by atoms with Gasteiger partial charge in [-0.05, 0) is 30.7 Å². The maximum Gasteiger partial charge on any atom is 0.249 e. The average Bonchev–Trinajstić information content (AvgIpc) is 3.03. The van der Waals surface area contributed by atoms with E-state index < -0.39 is 10.0 Å². The van der Waals surface area contributed by atoms with Gasteiger partial charge >= 0.3 is 0 Å². The molecule has 106 valence electrons. The van der Waals surface area contributed by atoms with Crippen molar-refractivity contribution in [3.05, 3.63) is 27.7 Å². The van der Waals surface area contributed by atoms with Crippen LogP contribution in [0.5, 0.6) is 0 Å². The number of anilines is 1. The second-order valence-electron chi connectivity index (χ2n) is 3.57. The molecule has 20 heavy (non-hydrogen) atoms. The topological polar surface area (TPSA) is 94.9 Å².